The normalized spacial score (nSPS) is 14.9. The summed E-state index contributed by atoms with van der Waals surface area (Å²) in [5.74, 6) is -0.871. The predicted octanol–water partition coefficient (Wildman–Crippen LogP) is 2.82. The summed E-state index contributed by atoms with van der Waals surface area (Å²) in [5, 5.41) is 18.4. The molecule has 0 atom stereocenters. The highest BCUT2D eigenvalue weighted by Crippen LogP contribution is 2.17. The van der Waals surface area contributed by atoms with Crippen LogP contribution in [0.25, 0.3) is 0 Å². The van der Waals surface area contributed by atoms with Gasteiger partial charge in [0.15, 0.2) is 0 Å². The van der Waals surface area contributed by atoms with E-state index < -0.39 is 5.91 Å². The number of hydrogen-bond donors (Lipinski definition) is 1. The van der Waals surface area contributed by atoms with Crippen LogP contribution in [0.1, 0.15) is 33.6 Å². The third kappa shape index (κ3) is 3.84. The Morgan fingerprint density at radius 2 is 2.06 bits per heavy atom. The van der Waals surface area contributed by atoms with Crippen LogP contribution in [0.15, 0.2) is 40.9 Å². The van der Waals surface area contributed by atoms with Gasteiger partial charge in [0.05, 0.1) is 5.92 Å². The molecule has 0 aromatic heterocycles. The van der Waals surface area contributed by atoms with Crippen molar-refractivity contribution in [3.8, 4) is 0 Å². The number of hydrogen-bond acceptors (Lipinski definition) is 4. The first kappa shape index (κ1) is 14.2. The first-order chi connectivity index (χ1) is 8.56. The fraction of sp³-hybridized carbons (Fsp3) is 0.462. The molecule has 1 rings (SSSR count). The Kier molecular flexibility index (Phi) is 5.30. The Hall–Kier alpha value is -1.91. The number of hydroxylamine groups is 1. The van der Waals surface area contributed by atoms with E-state index in [0.29, 0.717) is 12.1 Å². The Morgan fingerprint density at radius 3 is 2.56 bits per heavy atom. The molecule has 5 heteroatoms. The number of allylic oxidation sites excluding steroid dienone is 4. The molecule has 18 heavy (non-hydrogen) atoms. The SMILES string of the molecule is CCCC(N=[N+]([O-])C(=O)C(C)C)=C1C=CNC=C1. The molecule has 0 aromatic rings. The summed E-state index contributed by atoms with van der Waals surface area (Å²) in [5.41, 5.74) is 1.49. The number of nitrogens with zero attached hydrogens (tertiary/aromatic N) is 2. The fourth-order valence-corrected chi connectivity index (χ4v) is 1.45. The zero-order chi connectivity index (χ0) is 13.5. The highest BCUT2D eigenvalue weighted by molar-refractivity contribution is 5.69. The van der Waals surface area contributed by atoms with E-state index in [0.717, 1.165) is 12.0 Å². The van der Waals surface area contributed by atoms with Gasteiger partial charge in [-0.3, -0.25) is 0 Å². The number of rotatable bonds is 4. The van der Waals surface area contributed by atoms with Crippen LogP contribution < -0.4 is 5.32 Å². The maximum Gasteiger partial charge on any atom is 0.425 e. The van der Waals surface area contributed by atoms with Gasteiger partial charge < -0.3 is 10.5 Å². The Bertz CT molecular complexity index is 418. The van der Waals surface area contributed by atoms with Crippen LogP contribution in [0.2, 0.25) is 0 Å². The fourth-order valence-electron chi connectivity index (χ4n) is 1.45. The zero-order valence-corrected chi connectivity index (χ0v) is 11.0. The van der Waals surface area contributed by atoms with Crippen LogP contribution in [-0.4, -0.2) is 10.8 Å². The minimum absolute atomic E-state index is 0.201. The zero-order valence-electron chi connectivity index (χ0n) is 11.0. The lowest BCUT2D eigenvalue weighted by Crippen LogP contribution is -2.19. The molecule has 1 aliphatic heterocycles. The van der Waals surface area contributed by atoms with Gasteiger partial charge in [-0.2, -0.15) is 0 Å². The predicted molar refractivity (Wildman–Crippen MR) is 69.3 cm³/mol. The number of carbonyl (C=O) groups excluding carboxylic acids is 1. The van der Waals surface area contributed by atoms with E-state index in [9.17, 15) is 10.0 Å². The summed E-state index contributed by atoms with van der Waals surface area (Å²) in [6.07, 6.45) is 8.72. The van der Waals surface area contributed by atoms with Gasteiger partial charge in [-0.05, 0) is 37.3 Å². The van der Waals surface area contributed by atoms with Crippen LogP contribution in [0.5, 0.6) is 0 Å². The molecule has 0 saturated carbocycles. The van der Waals surface area contributed by atoms with Crippen molar-refractivity contribution < 1.29 is 9.66 Å². The third-order valence-electron chi connectivity index (χ3n) is 2.43. The van der Waals surface area contributed by atoms with Crippen molar-refractivity contribution in [1.29, 1.82) is 0 Å². The smallest absolute Gasteiger partial charge is 0.425 e. The lowest BCUT2D eigenvalue weighted by atomic mass is 10.1. The van der Waals surface area contributed by atoms with Crippen LogP contribution in [-0.2, 0) is 4.79 Å². The Balaban J connectivity index is 3.03. The van der Waals surface area contributed by atoms with E-state index in [4.69, 9.17) is 0 Å². The summed E-state index contributed by atoms with van der Waals surface area (Å²) in [4.78, 5) is 11.7. The highest BCUT2D eigenvalue weighted by Gasteiger charge is 2.19. The second kappa shape index (κ2) is 6.74. The third-order valence-corrected chi connectivity index (χ3v) is 2.43. The van der Waals surface area contributed by atoms with E-state index in [1.807, 2.05) is 19.1 Å². The molecule has 0 saturated heterocycles. The standard InChI is InChI=1S/C13H19N3O2/c1-4-5-12(11-6-8-14-9-7-11)15-16(18)13(17)10(2)3/h6-10,14H,4-5H2,1-3H3. The topological polar surface area (TPSA) is 67.5 Å². The van der Waals surface area contributed by atoms with Crippen LogP contribution >= 0.6 is 0 Å². The molecule has 5 nitrogen and oxygen atoms in total. The van der Waals surface area contributed by atoms with Crippen molar-refractivity contribution in [2.75, 3.05) is 0 Å². The largest absolute Gasteiger partial charge is 0.592 e. The van der Waals surface area contributed by atoms with Crippen LogP contribution in [0.4, 0.5) is 0 Å². The van der Waals surface area contributed by atoms with Gasteiger partial charge in [0, 0.05) is 23.1 Å². The van der Waals surface area contributed by atoms with Gasteiger partial charge in [-0.25, -0.2) is 4.79 Å². The maximum absolute atomic E-state index is 11.6. The molecule has 1 aliphatic rings. The maximum atomic E-state index is 11.6. The van der Waals surface area contributed by atoms with E-state index in [-0.39, 0.29) is 10.8 Å². The molecule has 0 radical (unpaired) electrons. The first-order valence-electron chi connectivity index (χ1n) is 6.11. The number of dihydropyridines is 1. The Labute approximate surface area is 107 Å². The van der Waals surface area contributed by atoms with Gasteiger partial charge in [0.1, 0.15) is 5.70 Å². The minimum atomic E-state index is -0.522. The molecule has 0 unspecified atom stereocenters. The molecule has 1 heterocycles. The van der Waals surface area contributed by atoms with Gasteiger partial charge >= 0.3 is 5.91 Å². The summed E-state index contributed by atoms with van der Waals surface area (Å²) in [7, 11) is 0. The molecule has 1 N–H and O–H groups in total. The molecule has 0 aromatic carbocycles. The minimum Gasteiger partial charge on any atom is -0.592 e. The van der Waals surface area contributed by atoms with Gasteiger partial charge in [-0.15, -0.1) is 0 Å². The summed E-state index contributed by atoms with van der Waals surface area (Å²) < 4.78 is 0. The summed E-state index contributed by atoms with van der Waals surface area (Å²) >= 11 is 0. The lowest BCUT2D eigenvalue weighted by Gasteiger charge is -2.07. The molecule has 98 valence electrons. The molecule has 0 aliphatic carbocycles. The van der Waals surface area contributed by atoms with Crippen molar-refractivity contribution in [1.82, 2.24) is 5.32 Å². The number of carbonyl (C=O) groups is 1. The van der Waals surface area contributed by atoms with E-state index in [1.54, 1.807) is 26.2 Å². The molecular weight excluding hydrogens is 230 g/mol. The monoisotopic (exact) mass is 249 g/mol. The molecule has 0 bridgehead atoms. The van der Waals surface area contributed by atoms with E-state index >= 15 is 0 Å². The second-order valence-electron chi connectivity index (χ2n) is 4.35. The molecular formula is C13H19N3O2. The van der Waals surface area contributed by atoms with Crippen molar-refractivity contribution in [3.05, 3.63) is 41.0 Å². The lowest BCUT2D eigenvalue weighted by molar-refractivity contribution is -0.451. The number of nitrogens with one attached hydrogen (secondary N) is 1. The van der Waals surface area contributed by atoms with Gasteiger partial charge in [-0.1, -0.05) is 13.3 Å². The van der Waals surface area contributed by atoms with Crippen molar-refractivity contribution in [2.45, 2.75) is 33.6 Å². The van der Waals surface area contributed by atoms with Gasteiger partial charge in [0.2, 0.25) is 0 Å². The van der Waals surface area contributed by atoms with Crippen molar-refractivity contribution >= 4 is 5.91 Å². The van der Waals surface area contributed by atoms with E-state index in [2.05, 4.69) is 10.4 Å². The van der Waals surface area contributed by atoms with Crippen LogP contribution in [0.3, 0.4) is 0 Å². The Morgan fingerprint density at radius 1 is 1.44 bits per heavy atom. The van der Waals surface area contributed by atoms with E-state index in [1.165, 1.54) is 0 Å². The van der Waals surface area contributed by atoms with Crippen LogP contribution in [0, 0.1) is 11.1 Å². The average molecular weight is 249 g/mol. The quantitative estimate of drug-likeness (QED) is 0.473. The van der Waals surface area contributed by atoms with Crippen molar-refractivity contribution in [3.63, 3.8) is 0 Å². The number of azo groups is 1. The average Bonchev–Trinajstić information content (AvgIpc) is 2.38. The molecule has 0 fully saturated rings. The summed E-state index contributed by atoms with van der Waals surface area (Å²) in [6, 6.07) is 0. The second-order valence-corrected chi connectivity index (χ2v) is 4.35. The molecule has 1 amide bonds. The summed E-state index contributed by atoms with van der Waals surface area (Å²) in [6.45, 7) is 5.36. The number of amides is 1. The van der Waals surface area contributed by atoms with Gasteiger partial charge in [0.25, 0.3) is 0 Å². The first-order valence-corrected chi connectivity index (χ1v) is 6.11. The van der Waals surface area contributed by atoms with Crippen molar-refractivity contribution in [2.24, 2.45) is 11.0 Å². The highest BCUT2D eigenvalue weighted by atomic mass is 16.5. The molecule has 0 spiro atoms.